The molecule has 1 fully saturated rings. The van der Waals surface area contributed by atoms with E-state index >= 15 is 0 Å². The third kappa shape index (κ3) is 1.71. The minimum absolute atomic E-state index is 0.0638. The Morgan fingerprint density at radius 3 is 2.81 bits per heavy atom. The van der Waals surface area contributed by atoms with Gasteiger partial charge in [0.1, 0.15) is 0 Å². The van der Waals surface area contributed by atoms with E-state index in [1.807, 2.05) is 12.1 Å². The summed E-state index contributed by atoms with van der Waals surface area (Å²) in [5.74, 6) is 0.0645. The Labute approximate surface area is 95.2 Å². The molecular formula is C13H16N2O. The van der Waals surface area contributed by atoms with Crippen LogP contribution in [0.25, 0.3) is 0 Å². The lowest BCUT2D eigenvalue weighted by Crippen LogP contribution is -2.34. The van der Waals surface area contributed by atoms with Gasteiger partial charge in [-0.25, -0.2) is 0 Å². The second kappa shape index (κ2) is 3.32. The molecule has 1 aliphatic heterocycles. The van der Waals surface area contributed by atoms with Crippen molar-refractivity contribution >= 4 is 5.91 Å². The van der Waals surface area contributed by atoms with E-state index in [4.69, 9.17) is 0 Å². The van der Waals surface area contributed by atoms with Crippen LogP contribution >= 0.6 is 0 Å². The lowest BCUT2D eigenvalue weighted by Gasteiger charge is -2.11. The molecule has 0 unspecified atom stereocenters. The molecule has 0 spiro atoms. The van der Waals surface area contributed by atoms with Gasteiger partial charge >= 0.3 is 0 Å². The maximum Gasteiger partial charge on any atom is 0.251 e. The third-order valence-corrected chi connectivity index (χ3v) is 3.51. The Kier molecular flexibility index (Phi) is 2.04. The molecule has 0 bridgehead atoms. The highest BCUT2D eigenvalue weighted by molar-refractivity contribution is 5.95. The van der Waals surface area contributed by atoms with Crippen molar-refractivity contribution in [3.05, 3.63) is 34.9 Å². The standard InChI is InChI=1S/C13H16N2O/c1-13(4-5-13)15-12(16)9-2-3-10-7-14-8-11(10)6-9/h2-3,6,14H,4-5,7-8H2,1H3,(H,15,16). The molecule has 16 heavy (non-hydrogen) atoms. The molecule has 1 aromatic rings. The van der Waals surface area contributed by atoms with Gasteiger partial charge < -0.3 is 10.6 Å². The fraction of sp³-hybridized carbons (Fsp3) is 0.462. The zero-order chi connectivity index (χ0) is 11.2. The zero-order valence-corrected chi connectivity index (χ0v) is 9.47. The van der Waals surface area contributed by atoms with Crippen LogP contribution in [-0.4, -0.2) is 11.4 Å². The summed E-state index contributed by atoms with van der Waals surface area (Å²) in [6.07, 6.45) is 2.20. The normalized spacial score (nSPS) is 20.3. The molecule has 0 atom stereocenters. The van der Waals surface area contributed by atoms with Crippen molar-refractivity contribution in [1.82, 2.24) is 10.6 Å². The van der Waals surface area contributed by atoms with Crippen LogP contribution < -0.4 is 10.6 Å². The summed E-state index contributed by atoms with van der Waals surface area (Å²) in [6, 6.07) is 5.99. The molecule has 0 saturated heterocycles. The zero-order valence-electron chi connectivity index (χ0n) is 9.47. The monoisotopic (exact) mass is 216 g/mol. The fourth-order valence-electron chi connectivity index (χ4n) is 2.09. The largest absolute Gasteiger partial charge is 0.347 e. The molecule has 0 aromatic heterocycles. The molecule has 3 nitrogen and oxygen atoms in total. The van der Waals surface area contributed by atoms with Crippen LogP contribution in [0.3, 0.4) is 0 Å². The highest BCUT2D eigenvalue weighted by Crippen LogP contribution is 2.34. The van der Waals surface area contributed by atoms with Gasteiger partial charge in [-0.15, -0.1) is 0 Å². The van der Waals surface area contributed by atoms with Gasteiger partial charge in [0.05, 0.1) is 0 Å². The van der Waals surface area contributed by atoms with Crippen LogP contribution in [0.2, 0.25) is 0 Å². The van der Waals surface area contributed by atoms with Crippen LogP contribution in [0.4, 0.5) is 0 Å². The van der Waals surface area contributed by atoms with Crippen LogP contribution in [0.5, 0.6) is 0 Å². The minimum Gasteiger partial charge on any atom is -0.347 e. The highest BCUT2D eigenvalue weighted by atomic mass is 16.1. The Bertz CT molecular complexity index is 449. The molecule has 1 saturated carbocycles. The summed E-state index contributed by atoms with van der Waals surface area (Å²) < 4.78 is 0. The second-order valence-electron chi connectivity index (χ2n) is 5.10. The topological polar surface area (TPSA) is 41.1 Å². The van der Waals surface area contributed by atoms with E-state index in [0.717, 1.165) is 31.5 Å². The van der Waals surface area contributed by atoms with Gasteiger partial charge in [0.25, 0.3) is 5.91 Å². The van der Waals surface area contributed by atoms with Crippen LogP contribution in [0.1, 0.15) is 41.3 Å². The van der Waals surface area contributed by atoms with Crippen molar-refractivity contribution < 1.29 is 4.79 Å². The predicted molar refractivity (Wildman–Crippen MR) is 62.1 cm³/mol. The number of hydrogen-bond acceptors (Lipinski definition) is 2. The van der Waals surface area contributed by atoms with E-state index in [1.165, 1.54) is 11.1 Å². The number of carbonyl (C=O) groups is 1. The van der Waals surface area contributed by atoms with Gasteiger partial charge in [0, 0.05) is 24.2 Å². The maximum absolute atomic E-state index is 12.0. The molecule has 3 heteroatoms. The van der Waals surface area contributed by atoms with Crippen molar-refractivity contribution in [2.45, 2.75) is 38.4 Å². The summed E-state index contributed by atoms with van der Waals surface area (Å²) in [4.78, 5) is 12.0. The van der Waals surface area contributed by atoms with Crippen molar-refractivity contribution in [2.24, 2.45) is 0 Å². The summed E-state index contributed by atoms with van der Waals surface area (Å²) in [5.41, 5.74) is 3.42. The smallest absolute Gasteiger partial charge is 0.251 e. The predicted octanol–water partition coefficient (Wildman–Crippen LogP) is 1.57. The Morgan fingerprint density at radius 1 is 1.31 bits per heavy atom. The van der Waals surface area contributed by atoms with Gasteiger partial charge in [-0.1, -0.05) is 6.07 Å². The first-order chi connectivity index (χ1) is 7.66. The maximum atomic E-state index is 12.0. The van der Waals surface area contributed by atoms with E-state index in [0.29, 0.717) is 0 Å². The molecule has 2 aliphatic rings. The summed E-state index contributed by atoms with van der Waals surface area (Å²) in [6.45, 7) is 3.91. The first-order valence-corrected chi connectivity index (χ1v) is 5.81. The molecule has 1 amide bonds. The van der Waals surface area contributed by atoms with E-state index in [1.54, 1.807) is 0 Å². The average Bonchev–Trinajstić information content (AvgIpc) is 2.82. The average molecular weight is 216 g/mol. The summed E-state index contributed by atoms with van der Waals surface area (Å²) >= 11 is 0. The molecule has 3 rings (SSSR count). The summed E-state index contributed by atoms with van der Waals surface area (Å²) in [7, 11) is 0. The number of rotatable bonds is 2. The molecular weight excluding hydrogens is 200 g/mol. The van der Waals surface area contributed by atoms with E-state index in [2.05, 4.69) is 23.6 Å². The van der Waals surface area contributed by atoms with E-state index < -0.39 is 0 Å². The van der Waals surface area contributed by atoms with Crippen molar-refractivity contribution in [1.29, 1.82) is 0 Å². The van der Waals surface area contributed by atoms with E-state index in [9.17, 15) is 4.79 Å². The minimum atomic E-state index is 0.0638. The Hall–Kier alpha value is -1.35. The first-order valence-electron chi connectivity index (χ1n) is 5.81. The van der Waals surface area contributed by atoms with Gasteiger partial charge in [-0.05, 0) is 43.0 Å². The molecule has 1 aromatic carbocycles. The molecule has 84 valence electrons. The molecule has 0 radical (unpaired) electrons. The van der Waals surface area contributed by atoms with Gasteiger partial charge in [-0.2, -0.15) is 0 Å². The first kappa shape index (κ1) is 9.85. The van der Waals surface area contributed by atoms with Crippen LogP contribution in [-0.2, 0) is 13.1 Å². The lowest BCUT2D eigenvalue weighted by atomic mass is 10.1. The number of carbonyl (C=O) groups excluding carboxylic acids is 1. The quantitative estimate of drug-likeness (QED) is 0.788. The number of fused-ring (bicyclic) bond motifs is 1. The molecule has 1 aliphatic carbocycles. The number of benzene rings is 1. The van der Waals surface area contributed by atoms with Crippen LogP contribution in [0.15, 0.2) is 18.2 Å². The SMILES string of the molecule is CC1(NC(=O)c2ccc3c(c2)CNC3)CC1. The van der Waals surface area contributed by atoms with Crippen molar-refractivity contribution in [2.75, 3.05) is 0 Å². The highest BCUT2D eigenvalue weighted by Gasteiger charge is 2.38. The van der Waals surface area contributed by atoms with Crippen molar-refractivity contribution in [3.8, 4) is 0 Å². The Balaban J connectivity index is 1.81. The lowest BCUT2D eigenvalue weighted by molar-refractivity contribution is 0.0935. The summed E-state index contributed by atoms with van der Waals surface area (Å²) in [5, 5.41) is 6.36. The van der Waals surface area contributed by atoms with Gasteiger partial charge in [0.2, 0.25) is 0 Å². The molecule has 2 N–H and O–H groups in total. The fourth-order valence-corrected chi connectivity index (χ4v) is 2.09. The van der Waals surface area contributed by atoms with Crippen molar-refractivity contribution in [3.63, 3.8) is 0 Å². The number of hydrogen-bond donors (Lipinski definition) is 2. The third-order valence-electron chi connectivity index (χ3n) is 3.51. The Morgan fingerprint density at radius 2 is 2.06 bits per heavy atom. The second-order valence-corrected chi connectivity index (χ2v) is 5.10. The van der Waals surface area contributed by atoms with Gasteiger partial charge in [0.15, 0.2) is 0 Å². The number of amides is 1. The molecule has 1 heterocycles. The van der Waals surface area contributed by atoms with Crippen LogP contribution in [0, 0.1) is 0 Å². The number of nitrogens with one attached hydrogen (secondary N) is 2. The van der Waals surface area contributed by atoms with Gasteiger partial charge in [-0.3, -0.25) is 4.79 Å². The van der Waals surface area contributed by atoms with E-state index in [-0.39, 0.29) is 11.4 Å².